The topological polar surface area (TPSA) is 21.3 Å². The van der Waals surface area contributed by atoms with E-state index in [2.05, 4.69) is 21.5 Å². The fourth-order valence-electron chi connectivity index (χ4n) is 1.69. The molecule has 19 heavy (non-hydrogen) atoms. The zero-order valence-electron chi connectivity index (χ0n) is 10.3. The largest absolute Gasteiger partial charge is 0.435 e. The Morgan fingerprint density at radius 2 is 1.95 bits per heavy atom. The Labute approximate surface area is 115 Å². The summed E-state index contributed by atoms with van der Waals surface area (Å²) in [5, 5.41) is 5.38. The lowest BCUT2D eigenvalue weighted by Crippen LogP contribution is -2.16. The molecule has 1 heterocycles. The van der Waals surface area contributed by atoms with Crippen molar-refractivity contribution in [1.82, 2.24) is 5.32 Å². The number of hydrogen-bond donors (Lipinski definition) is 1. The molecule has 2 rings (SSSR count). The van der Waals surface area contributed by atoms with Gasteiger partial charge in [-0.3, -0.25) is 0 Å². The van der Waals surface area contributed by atoms with E-state index in [0.29, 0.717) is 0 Å². The lowest BCUT2D eigenvalue weighted by molar-refractivity contribution is -0.0498. The lowest BCUT2D eigenvalue weighted by atomic mass is 10.2. The Morgan fingerprint density at radius 3 is 2.58 bits per heavy atom. The predicted molar refractivity (Wildman–Crippen MR) is 72.8 cm³/mol. The van der Waals surface area contributed by atoms with E-state index in [9.17, 15) is 8.78 Å². The second kappa shape index (κ2) is 7.21. The molecule has 0 aliphatic carbocycles. The average Bonchev–Trinajstić information content (AvgIpc) is 2.89. The first-order chi connectivity index (χ1) is 9.24. The van der Waals surface area contributed by atoms with Gasteiger partial charge in [0, 0.05) is 18.0 Å². The average molecular weight is 283 g/mol. The summed E-state index contributed by atoms with van der Waals surface area (Å²) in [6, 6.07) is 10.8. The fraction of sp³-hybridized carbons (Fsp3) is 0.286. The van der Waals surface area contributed by atoms with Crippen molar-refractivity contribution in [3.8, 4) is 5.75 Å². The van der Waals surface area contributed by atoms with Crippen LogP contribution in [0.2, 0.25) is 0 Å². The van der Waals surface area contributed by atoms with Gasteiger partial charge >= 0.3 is 6.61 Å². The highest BCUT2D eigenvalue weighted by Gasteiger charge is 2.03. The third kappa shape index (κ3) is 4.96. The molecule has 5 heteroatoms. The first kappa shape index (κ1) is 14.0. The minimum absolute atomic E-state index is 0.192. The number of ether oxygens (including phenoxy) is 1. The molecule has 0 aliphatic rings. The standard InChI is InChI=1S/C14H15F2NOS/c15-14(16)18-12-5-3-11(4-6-12)10-17-8-7-13-2-1-9-19-13/h1-6,9,14,17H,7-8,10H2. The highest BCUT2D eigenvalue weighted by molar-refractivity contribution is 7.09. The summed E-state index contributed by atoms with van der Waals surface area (Å²) >= 11 is 1.75. The van der Waals surface area contributed by atoms with Crippen LogP contribution in [0.4, 0.5) is 8.78 Å². The molecule has 0 atom stereocenters. The van der Waals surface area contributed by atoms with Crippen molar-refractivity contribution < 1.29 is 13.5 Å². The molecule has 0 bridgehead atoms. The van der Waals surface area contributed by atoms with Gasteiger partial charge in [0.25, 0.3) is 0 Å². The third-order valence-corrected chi connectivity index (χ3v) is 3.54. The molecular formula is C14H15F2NOS. The first-order valence-corrected chi connectivity index (χ1v) is 6.89. The maximum atomic E-state index is 12.0. The van der Waals surface area contributed by atoms with Crippen LogP contribution < -0.4 is 10.1 Å². The van der Waals surface area contributed by atoms with Crippen LogP contribution in [-0.4, -0.2) is 13.2 Å². The first-order valence-electron chi connectivity index (χ1n) is 6.01. The lowest BCUT2D eigenvalue weighted by Gasteiger charge is -2.07. The number of rotatable bonds is 7. The zero-order valence-corrected chi connectivity index (χ0v) is 11.1. The number of thiophene rings is 1. The van der Waals surface area contributed by atoms with Crippen LogP contribution in [-0.2, 0) is 13.0 Å². The van der Waals surface area contributed by atoms with Crippen molar-refractivity contribution in [2.45, 2.75) is 19.6 Å². The Hall–Kier alpha value is -1.46. The summed E-state index contributed by atoms with van der Waals surface area (Å²) in [6.45, 7) is -1.15. The van der Waals surface area contributed by atoms with E-state index in [1.54, 1.807) is 35.6 Å². The minimum atomic E-state index is -2.77. The summed E-state index contributed by atoms with van der Waals surface area (Å²) in [5.41, 5.74) is 1.05. The number of hydrogen-bond acceptors (Lipinski definition) is 3. The highest BCUT2D eigenvalue weighted by Crippen LogP contribution is 2.14. The van der Waals surface area contributed by atoms with Crippen LogP contribution in [0.1, 0.15) is 10.4 Å². The van der Waals surface area contributed by atoms with Gasteiger partial charge in [-0.2, -0.15) is 8.78 Å². The van der Waals surface area contributed by atoms with Crippen molar-refractivity contribution in [2.75, 3.05) is 6.54 Å². The van der Waals surface area contributed by atoms with Crippen molar-refractivity contribution in [3.63, 3.8) is 0 Å². The smallest absolute Gasteiger partial charge is 0.387 e. The van der Waals surface area contributed by atoms with Crippen LogP contribution in [0.3, 0.4) is 0 Å². The van der Waals surface area contributed by atoms with Crippen LogP contribution in [0.15, 0.2) is 41.8 Å². The molecule has 1 aromatic heterocycles. The molecule has 0 radical (unpaired) electrons. The molecule has 0 amide bonds. The fourth-order valence-corrected chi connectivity index (χ4v) is 2.40. The Kier molecular flexibility index (Phi) is 5.30. The van der Waals surface area contributed by atoms with Gasteiger partial charge < -0.3 is 10.1 Å². The normalized spacial score (nSPS) is 10.9. The van der Waals surface area contributed by atoms with Gasteiger partial charge in [0.1, 0.15) is 5.75 Å². The second-order valence-corrected chi connectivity index (χ2v) is 5.06. The highest BCUT2D eigenvalue weighted by atomic mass is 32.1. The molecule has 2 nitrogen and oxygen atoms in total. The van der Waals surface area contributed by atoms with Gasteiger partial charge in [-0.15, -0.1) is 11.3 Å². The van der Waals surface area contributed by atoms with Gasteiger partial charge in [-0.25, -0.2) is 0 Å². The molecule has 1 aromatic carbocycles. The number of halogens is 2. The third-order valence-electron chi connectivity index (χ3n) is 2.61. The van der Waals surface area contributed by atoms with Gasteiger partial charge in [-0.1, -0.05) is 18.2 Å². The van der Waals surface area contributed by atoms with Crippen molar-refractivity contribution in [2.24, 2.45) is 0 Å². The summed E-state index contributed by atoms with van der Waals surface area (Å²) in [7, 11) is 0. The van der Waals surface area contributed by atoms with Gasteiger partial charge in [0.05, 0.1) is 0 Å². The Bertz CT molecular complexity index is 471. The SMILES string of the molecule is FC(F)Oc1ccc(CNCCc2cccs2)cc1. The van der Waals surface area contributed by atoms with E-state index in [0.717, 1.165) is 25.1 Å². The van der Waals surface area contributed by atoms with Gasteiger partial charge in [0.2, 0.25) is 0 Å². The molecular weight excluding hydrogens is 268 g/mol. The minimum Gasteiger partial charge on any atom is -0.435 e. The maximum Gasteiger partial charge on any atom is 0.387 e. The summed E-state index contributed by atoms with van der Waals surface area (Å²) < 4.78 is 28.2. The second-order valence-electron chi connectivity index (χ2n) is 4.03. The number of nitrogens with one attached hydrogen (secondary N) is 1. The van der Waals surface area contributed by atoms with E-state index in [-0.39, 0.29) is 5.75 Å². The summed E-state index contributed by atoms with van der Waals surface area (Å²) in [6.07, 6.45) is 1.00. The van der Waals surface area contributed by atoms with E-state index in [1.165, 1.54) is 4.88 Å². The van der Waals surface area contributed by atoms with Crippen molar-refractivity contribution >= 4 is 11.3 Å². The number of benzene rings is 1. The maximum absolute atomic E-state index is 12.0. The van der Waals surface area contributed by atoms with E-state index in [4.69, 9.17) is 0 Å². The Balaban J connectivity index is 1.71. The summed E-state index contributed by atoms with van der Waals surface area (Å²) in [4.78, 5) is 1.35. The molecule has 0 fully saturated rings. The quantitative estimate of drug-likeness (QED) is 0.783. The monoisotopic (exact) mass is 283 g/mol. The molecule has 1 N–H and O–H groups in total. The van der Waals surface area contributed by atoms with Crippen LogP contribution in [0.5, 0.6) is 5.75 Å². The van der Waals surface area contributed by atoms with E-state index >= 15 is 0 Å². The van der Waals surface area contributed by atoms with Gasteiger partial charge in [0.15, 0.2) is 0 Å². The molecule has 0 saturated carbocycles. The van der Waals surface area contributed by atoms with Crippen LogP contribution >= 0.6 is 11.3 Å². The number of alkyl halides is 2. The van der Waals surface area contributed by atoms with Crippen LogP contribution in [0, 0.1) is 0 Å². The molecule has 102 valence electrons. The van der Waals surface area contributed by atoms with E-state index < -0.39 is 6.61 Å². The predicted octanol–water partition coefficient (Wildman–Crippen LogP) is 3.68. The van der Waals surface area contributed by atoms with Crippen LogP contribution in [0.25, 0.3) is 0 Å². The molecule has 0 unspecified atom stereocenters. The molecule has 2 aromatic rings. The molecule has 0 spiro atoms. The summed E-state index contributed by atoms with van der Waals surface area (Å²) in [5.74, 6) is 0.192. The molecule has 0 saturated heterocycles. The van der Waals surface area contributed by atoms with Crippen molar-refractivity contribution in [3.05, 3.63) is 52.2 Å². The van der Waals surface area contributed by atoms with Crippen molar-refractivity contribution in [1.29, 1.82) is 0 Å². The molecule has 0 aliphatic heterocycles. The van der Waals surface area contributed by atoms with Gasteiger partial charge in [-0.05, 0) is 35.6 Å². The Morgan fingerprint density at radius 1 is 1.16 bits per heavy atom. The zero-order chi connectivity index (χ0) is 13.5. The van der Waals surface area contributed by atoms with E-state index in [1.807, 2.05) is 6.07 Å².